The van der Waals surface area contributed by atoms with Crippen LogP contribution in [-0.4, -0.2) is 36.6 Å². The number of likely N-dealkylation sites (N-methyl/N-ethyl adjacent to an activating group) is 1. The fourth-order valence-electron chi connectivity index (χ4n) is 3.77. The van der Waals surface area contributed by atoms with E-state index in [-0.39, 0.29) is 17.8 Å². The Kier molecular flexibility index (Phi) is 5.42. The second-order valence-corrected chi connectivity index (χ2v) is 6.93. The summed E-state index contributed by atoms with van der Waals surface area (Å²) in [6.07, 6.45) is 1.59. The second kappa shape index (κ2) is 7.58. The van der Waals surface area contributed by atoms with Gasteiger partial charge in [-0.3, -0.25) is 4.79 Å². The Labute approximate surface area is 154 Å². The summed E-state index contributed by atoms with van der Waals surface area (Å²) >= 11 is 0. The standard InChI is InChI=1S/C22H26FNO2/c1-4-26-16(2)22(17-9-6-5-7-10-17,18-11-8-12-19(23)15-18)21(25)24(3)20-13-14-20/h5-12,15-16,20H,4,13-14H2,1-3H3. The van der Waals surface area contributed by atoms with Crippen LogP contribution in [0.5, 0.6) is 0 Å². The molecule has 0 N–H and O–H groups in total. The lowest BCUT2D eigenvalue weighted by atomic mass is 9.69. The molecule has 0 aromatic heterocycles. The smallest absolute Gasteiger partial charge is 0.240 e. The van der Waals surface area contributed by atoms with E-state index in [4.69, 9.17) is 4.74 Å². The van der Waals surface area contributed by atoms with E-state index < -0.39 is 11.5 Å². The predicted molar refractivity (Wildman–Crippen MR) is 101 cm³/mol. The van der Waals surface area contributed by atoms with Crippen LogP contribution in [0.25, 0.3) is 0 Å². The minimum absolute atomic E-state index is 0.0437. The first-order valence-electron chi connectivity index (χ1n) is 9.22. The number of benzene rings is 2. The van der Waals surface area contributed by atoms with Gasteiger partial charge in [0.25, 0.3) is 0 Å². The van der Waals surface area contributed by atoms with Gasteiger partial charge in [-0.1, -0.05) is 42.5 Å². The molecule has 26 heavy (non-hydrogen) atoms. The molecule has 2 unspecified atom stereocenters. The highest BCUT2D eigenvalue weighted by Gasteiger charge is 2.51. The van der Waals surface area contributed by atoms with Gasteiger partial charge in [-0.2, -0.15) is 0 Å². The normalized spacial score (nSPS) is 17.4. The van der Waals surface area contributed by atoms with Crippen LogP contribution in [0.2, 0.25) is 0 Å². The molecule has 4 heteroatoms. The highest BCUT2D eigenvalue weighted by atomic mass is 19.1. The highest BCUT2D eigenvalue weighted by Crippen LogP contribution is 2.41. The van der Waals surface area contributed by atoms with Crippen molar-refractivity contribution in [2.45, 2.75) is 44.2 Å². The molecule has 138 valence electrons. The lowest BCUT2D eigenvalue weighted by Gasteiger charge is -2.41. The summed E-state index contributed by atoms with van der Waals surface area (Å²) in [5.41, 5.74) is 0.364. The zero-order valence-corrected chi connectivity index (χ0v) is 15.6. The van der Waals surface area contributed by atoms with Gasteiger partial charge in [0.05, 0.1) is 6.10 Å². The first-order valence-corrected chi connectivity index (χ1v) is 9.22. The largest absolute Gasteiger partial charge is 0.377 e. The Hall–Kier alpha value is -2.20. The Balaban J connectivity index is 2.24. The second-order valence-electron chi connectivity index (χ2n) is 6.93. The van der Waals surface area contributed by atoms with E-state index in [1.165, 1.54) is 12.1 Å². The lowest BCUT2D eigenvalue weighted by Crippen LogP contribution is -2.54. The average Bonchev–Trinajstić information content (AvgIpc) is 3.48. The van der Waals surface area contributed by atoms with Crippen molar-refractivity contribution in [2.24, 2.45) is 0 Å². The van der Waals surface area contributed by atoms with Crippen LogP contribution in [0.1, 0.15) is 37.8 Å². The van der Waals surface area contributed by atoms with E-state index in [9.17, 15) is 9.18 Å². The molecule has 0 aliphatic heterocycles. The van der Waals surface area contributed by atoms with Crippen LogP contribution in [0.15, 0.2) is 54.6 Å². The summed E-state index contributed by atoms with van der Waals surface area (Å²) in [4.78, 5) is 15.6. The van der Waals surface area contributed by atoms with Crippen molar-refractivity contribution in [2.75, 3.05) is 13.7 Å². The number of rotatable bonds is 7. The van der Waals surface area contributed by atoms with Crippen LogP contribution in [0.3, 0.4) is 0 Å². The highest BCUT2D eigenvalue weighted by molar-refractivity contribution is 5.93. The van der Waals surface area contributed by atoms with Crippen LogP contribution in [0.4, 0.5) is 4.39 Å². The number of carbonyl (C=O) groups excluding carboxylic acids is 1. The zero-order valence-electron chi connectivity index (χ0n) is 15.6. The van der Waals surface area contributed by atoms with Gasteiger partial charge in [-0.05, 0) is 49.9 Å². The molecule has 1 fully saturated rings. The van der Waals surface area contributed by atoms with Crippen LogP contribution in [-0.2, 0) is 14.9 Å². The molecule has 3 nitrogen and oxygen atoms in total. The fraction of sp³-hybridized carbons (Fsp3) is 0.409. The van der Waals surface area contributed by atoms with Crippen LogP contribution < -0.4 is 0 Å². The molecule has 0 spiro atoms. The van der Waals surface area contributed by atoms with Gasteiger partial charge in [-0.25, -0.2) is 4.39 Å². The first-order chi connectivity index (χ1) is 12.5. The van der Waals surface area contributed by atoms with Crippen molar-refractivity contribution in [3.63, 3.8) is 0 Å². The molecule has 3 rings (SSSR count). The minimum Gasteiger partial charge on any atom is -0.377 e. The van der Waals surface area contributed by atoms with Crippen molar-refractivity contribution in [3.8, 4) is 0 Å². The van der Waals surface area contributed by atoms with E-state index in [0.717, 1.165) is 18.4 Å². The predicted octanol–water partition coefficient (Wildman–Crippen LogP) is 4.16. The van der Waals surface area contributed by atoms with Crippen molar-refractivity contribution < 1.29 is 13.9 Å². The number of hydrogen-bond donors (Lipinski definition) is 0. The third kappa shape index (κ3) is 3.26. The molecule has 1 amide bonds. The van der Waals surface area contributed by atoms with E-state index in [1.807, 2.05) is 62.2 Å². The van der Waals surface area contributed by atoms with Crippen molar-refractivity contribution in [1.29, 1.82) is 0 Å². The summed E-state index contributed by atoms with van der Waals surface area (Å²) in [7, 11) is 1.84. The number of hydrogen-bond acceptors (Lipinski definition) is 2. The Morgan fingerprint density at radius 2 is 1.85 bits per heavy atom. The molecule has 0 bridgehead atoms. The van der Waals surface area contributed by atoms with Crippen LogP contribution in [0, 0.1) is 5.82 Å². The molecular formula is C22H26FNO2. The molecule has 2 aromatic rings. The summed E-state index contributed by atoms with van der Waals surface area (Å²) in [5.74, 6) is -0.397. The number of ether oxygens (including phenoxy) is 1. The maximum absolute atomic E-state index is 14.1. The first kappa shape index (κ1) is 18.6. The van der Waals surface area contributed by atoms with Gasteiger partial charge >= 0.3 is 0 Å². The average molecular weight is 355 g/mol. The monoisotopic (exact) mass is 355 g/mol. The molecule has 0 radical (unpaired) electrons. The van der Waals surface area contributed by atoms with E-state index in [2.05, 4.69) is 0 Å². The molecule has 1 saturated carbocycles. The summed E-state index contributed by atoms with van der Waals surface area (Å²) in [6.45, 7) is 4.29. The zero-order chi connectivity index (χ0) is 18.7. The Morgan fingerprint density at radius 1 is 1.19 bits per heavy atom. The number of carbonyl (C=O) groups is 1. The van der Waals surface area contributed by atoms with Crippen molar-refractivity contribution >= 4 is 5.91 Å². The molecule has 0 heterocycles. The quantitative estimate of drug-likeness (QED) is 0.746. The van der Waals surface area contributed by atoms with Gasteiger partial charge < -0.3 is 9.64 Å². The summed E-state index contributed by atoms with van der Waals surface area (Å²) < 4.78 is 20.1. The van der Waals surface area contributed by atoms with Crippen LogP contribution >= 0.6 is 0 Å². The minimum atomic E-state index is -1.09. The molecule has 1 aliphatic carbocycles. The summed E-state index contributed by atoms with van der Waals surface area (Å²) in [5, 5.41) is 0. The van der Waals surface area contributed by atoms with Crippen molar-refractivity contribution in [1.82, 2.24) is 4.90 Å². The molecule has 2 aromatic carbocycles. The third-order valence-corrected chi connectivity index (χ3v) is 5.29. The van der Waals surface area contributed by atoms with Gasteiger partial charge in [0.2, 0.25) is 5.91 Å². The third-order valence-electron chi connectivity index (χ3n) is 5.29. The Bertz CT molecular complexity index is 760. The lowest BCUT2D eigenvalue weighted by molar-refractivity contribution is -0.140. The van der Waals surface area contributed by atoms with Gasteiger partial charge in [0.1, 0.15) is 11.2 Å². The molecule has 0 saturated heterocycles. The van der Waals surface area contributed by atoms with E-state index in [0.29, 0.717) is 12.2 Å². The molecular weight excluding hydrogens is 329 g/mol. The maximum Gasteiger partial charge on any atom is 0.240 e. The molecule has 1 aliphatic rings. The fourth-order valence-corrected chi connectivity index (χ4v) is 3.77. The topological polar surface area (TPSA) is 29.5 Å². The van der Waals surface area contributed by atoms with Crippen molar-refractivity contribution in [3.05, 3.63) is 71.5 Å². The summed E-state index contributed by atoms with van der Waals surface area (Å²) in [6, 6.07) is 16.2. The number of halogens is 1. The Morgan fingerprint density at radius 3 is 2.42 bits per heavy atom. The van der Waals surface area contributed by atoms with Gasteiger partial charge in [0.15, 0.2) is 0 Å². The molecule has 2 atom stereocenters. The van der Waals surface area contributed by atoms with Gasteiger partial charge in [0, 0.05) is 19.7 Å². The number of amides is 1. The SMILES string of the molecule is CCOC(C)C(C(=O)N(C)C1CC1)(c1ccccc1)c1cccc(F)c1. The van der Waals surface area contributed by atoms with E-state index >= 15 is 0 Å². The maximum atomic E-state index is 14.1. The van der Waals surface area contributed by atoms with Gasteiger partial charge in [-0.15, -0.1) is 0 Å². The van der Waals surface area contributed by atoms with E-state index in [1.54, 1.807) is 6.07 Å². The number of nitrogens with zero attached hydrogens (tertiary/aromatic N) is 1.